The average molecular weight is 514 g/mol. The minimum Gasteiger partial charge on any atom is -0.255 e. The zero-order valence-electron chi connectivity index (χ0n) is 23.4. The third-order valence-electron chi connectivity index (χ3n) is 9.24. The first-order chi connectivity index (χ1) is 19.4. The molecule has 0 saturated carbocycles. The molecule has 7 aromatic rings. The predicted molar refractivity (Wildman–Crippen MR) is 171 cm³/mol. The highest BCUT2D eigenvalue weighted by Crippen LogP contribution is 2.54. The molecule has 192 valence electrons. The molecule has 0 amide bonds. The molecule has 6 aromatic carbocycles. The van der Waals surface area contributed by atoms with Crippen LogP contribution in [0.25, 0.3) is 65.5 Å². The Kier molecular flexibility index (Phi) is 4.83. The van der Waals surface area contributed by atoms with Crippen LogP contribution in [-0.2, 0) is 5.41 Å². The number of fused-ring (bicyclic) bond motifs is 11. The zero-order valence-corrected chi connectivity index (χ0v) is 23.4. The highest BCUT2D eigenvalue weighted by atomic mass is 14.7. The molecule has 1 aliphatic rings. The molecule has 1 aromatic heterocycles. The summed E-state index contributed by atoms with van der Waals surface area (Å²) in [5.74, 6) is 0.430. The van der Waals surface area contributed by atoms with Crippen molar-refractivity contribution in [2.45, 2.75) is 39.0 Å². The fourth-order valence-electron chi connectivity index (χ4n) is 7.35. The van der Waals surface area contributed by atoms with Crippen LogP contribution in [-0.4, -0.2) is 4.98 Å². The van der Waals surface area contributed by atoms with Gasteiger partial charge in [-0.2, -0.15) is 0 Å². The Labute approximate surface area is 235 Å². The summed E-state index contributed by atoms with van der Waals surface area (Å²) in [6.07, 6.45) is 2.08. The van der Waals surface area contributed by atoms with Crippen molar-refractivity contribution < 1.29 is 0 Å². The fourth-order valence-corrected chi connectivity index (χ4v) is 7.35. The maximum atomic E-state index is 5.05. The molecular weight excluding hydrogens is 482 g/mol. The summed E-state index contributed by atoms with van der Waals surface area (Å²) in [6.45, 7) is 9.29. The first kappa shape index (κ1) is 23.4. The van der Waals surface area contributed by atoms with Crippen LogP contribution in [0.3, 0.4) is 0 Å². The van der Waals surface area contributed by atoms with Gasteiger partial charge in [0.2, 0.25) is 0 Å². The summed E-state index contributed by atoms with van der Waals surface area (Å²) in [6, 6.07) is 38.3. The van der Waals surface area contributed by atoms with Gasteiger partial charge in [0.05, 0.1) is 5.69 Å². The van der Waals surface area contributed by atoms with E-state index in [1.54, 1.807) is 0 Å². The van der Waals surface area contributed by atoms with Gasteiger partial charge in [0.25, 0.3) is 0 Å². The van der Waals surface area contributed by atoms with Crippen molar-refractivity contribution in [2.24, 2.45) is 0 Å². The second-order valence-electron chi connectivity index (χ2n) is 12.1. The Morgan fingerprint density at radius 1 is 0.575 bits per heavy atom. The smallest absolute Gasteiger partial charge is 0.0780 e. The molecule has 0 saturated heterocycles. The third kappa shape index (κ3) is 3.06. The molecule has 0 radical (unpaired) electrons. The Hall–Kier alpha value is -4.49. The molecule has 1 aliphatic carbocycles. The lowest BCUT2D eigenvalue weighted by Gasteiger charge is -2.25. The Morgan fingerprint density at radius 2 is 1.12 bits per heavy atom. The van der Waals surface area contributed by atoms with Gasteiger partial charge in [-0.05, 0) is 77.5 Å². The number of rotatable bonds is 2. The van der Waals surface area contributed by atoms with E-state index in [0.29, 0.717) is 5.92 Å². The molecule has 0 fully saturated rings. The zero-order chi connectivity index (χ0) is 27.2. The molecular formula is C39H31N. The van der Waals surface area contributed by atoms with Crippen molar-refractivity contribution in [1.82, 2.24) is 4.98 Å². The van der Waals surface area contributed by atoms with Crippen molar-refractivity contribution in [1.29, 1.82) is 0 Å². The highest BCUT2D eigenvalue weighted by molar-refractivity contribution is 6.27. The lowest BCUT2D eigenvalue weighted by molar-refractivity contribution is 0.667. The molecule has 0 bridgehead atoms. The summed E-state index contributed by atoms with van der Waals surface area (Å²) in [5, 5.41) is 10.6. The lowest BCUT2D eigenvalue weighted by atomic mass is 9.78. The van der Waals surface area contributed by atoms with Crippen LogP contribution in [0.5, 0.6) is 0 Å². The second-order valence-corrected chi connectivity index (χ2v) is 12.1. The lowest BCUT2D eigenvalue weighted by Crippen LogP contribution is -2.16. The number of benzene rings is 6. The molecule has 0 atom stereocenters. The number of pyridine rings is 1. The van der Waals surface area contributed by atoms with Crippen LogP contribution in [0, 0.1) is 0 Å². The van der Waals surface area contributed by atoms with Gasteiger partial charge in [-0.1, -0.05) is 125 Å². The highest BCUT2D eigenvalue weighted by Gasteiger charge is 2.38. The van der Waals surface area contributed by atoms with E-state index in [1.807, 2.05) is 0 Å². The Balaban J connectivity index is 1.41. The second kappa shape index (κ2) is 8.26. The van der Waals surface area contributed by atoms with Crippen molar-refractivity contribution >= 4 is 43.1 Å². The van der Waals surface area contributed by atoms with E-state index in [0.717, 1.165) is 5.69 Å². The predicted octanol–water partition coefficient (Wildman–Crippen LogP) is 10.8. The summed E-state index contributed by atoms with van der Waals surface area (Å²) < 4.78 is 0. The van der Waals surface area contributed by atoms with Crippen LogP contribution in [0.15, 0.2) is 109 Å². The van der Waals surface area contributed by atoms with E-state index in [2.05, 4.69) is 137 Å². The van der Waals surface area contributed by atoms with E-state index in [9.17, 15) is 0 Å². The van der Waals surface area contributed by atoms with Crippen LogP contribution in [0.4, 0.5) is 0 Å². The van der Waals surface area contributed by atoms with Crippen molar-refractivity contribution in [3.8, 4) is 22.4 Å². The summed E-state index contributed by atoms with van der Waals surface area (Å²) in [5.41, 5.74) is 8.91. The van der Waals surface area contributed by atoms with Gasteiger partial charge >= 0.3 is 0 Å². The monoisotopic (exact) mass is 513 g/mol. The minimum absolute atomic E-state index is 0.154. The normalized spacial score (nSPS) is 13.9. The Bertz CT molecular complexity index is 2130. The third-order valence-corrected chi connectivity index (χ3v) is 9.24. The van der Waals surface area contributed by atoms with Gasteiger partial charge in [0, 0.05) is 22.6 Å². The van der Waals surface area contributed by atoms with Crippen LogP contribution in [0.2, 0.25) is 0 Å². The number of nitrogens with zero attached hydrogens (tertiary/aromatic N) is 1. The fraction of sp³-hybridized carbons (Fsp3) is 0.154. The van der Waals surface area contributed by atoms with E-state index in [-0.39, 0.29) is 5.41 Å². The summed E-state index contributed by atoms with van der Waals surface area (Å²) in [7, 11) is 0. The van der Waals surface area contributed by atoms with Gasteiger partial charge in [-0.3, -0.25) is 4.98 Å². The number of aromatic nitrogens is 1. The van der Waals surface area contributed by atoms with Gasteiger partial charge in [-0.15, -0.1) is 0 Å². The quantitative estimate of drug-likeness (QED) is 0.210. The van der Waals surface area contributed by atoms with Crippen LogP contribution < -0.4 is 0 Å². The van der Waals surface area contributed by atoms with Gasteiger partial charge < -0.3 is 0 Å². The van der Waals surface area contributed by atoms with Gasteiger partial charge in [0.15, 0.2) is 0 Å². The molecule has 0 N–H and O–H groups in total. The summed E-state index contributed by atoms with van der Waals surface area (Å²) in [4.78, 5) is 5.05. The number of hydrogen-bond acceptors (Lipinski definition) is 1. The molecule has 0 spiro atoms. The largest absolute Gasteiger partial charge is 0.255 e. The van der Waals surface area contributed by atoms with Crippen LogP contribution >= 0.6 is 0 Å². The SMILES string of the molecule is CC(C)c1cnc(-c2ccc3c(c2)C(C)(C)c2c-3ccc3c4ccccc4c4ccccc4c23)c2ccccc12. The van der Waals surface area contributed by atoms with Crippen molar-refractivity contribution in [3.05, 3.63) is 126 Å². The van der Waals surface area contributed by atoms with Gasteiger partial charge in [0.1, 0.15) is 0 Å². The first-order valence-corrected chi connectivity index (χ1v) is 14.3. The van der Waals surface area contributed by atoms with Crippen molar-refractivity contribution in [3.63, 3.8) is 0 Å². The van der Waals surface area contributed by atoms with Crippen LogP contribution in [0.1, 0.15) is 50.3 Å². The topological polar surface area (TPSA) is 12.9 Å². The minimum atomic E-state index is -0.154. The number of hydrogen-bond donors (Lipinski definition) is 0. The maximum absolute atomic E-state index is 5.05. The molecule has 40 heavy (non-hydrogen) atoms. The van der Waals surface area contributed by atoms with E-state index >= 15 is 0 Å². The van der Waals surface area contributed by atoms with E-state index in [4.69, 9.17) is 4.98 Å². The standard InChI is InChI=1S/C39H31N/c1-23(2)34-22-40-38(33-16-10-8-14-28(33)34)24-17-18-29-32-20-19-31-27-13-6-5-11-25(27)26-12-7-9-15-30(26)36(31)37(32)39(3,4)35(29)21-24/h5-23H,1-4H3. The molecule has 1 nitrogen and oxygen atoms in total. The van der Waals surface area contributed by atoms with E-state index in [1.165, 1.54) is 76.5 Å². The molecule has 0 aliphatic heterocycles. The molecule has 1 heterocycles. The Morgan fingerprint density at radius 3 is 1.80 bits per heavy atom. The maximum Gasteiger partial charge on any atom is 0.0780 e. The van der Waals surface area contributed by atoms with Crippen molar-refractivity contribution in [2.75, 3.05) is 0 Å². The van der Waals surface area contributed by atoms with Gasteiger partial charge in [-0.25, -0.2) is 0 Å². The molecule has 0 unspecified atom stereocenters. The summed E-state index contributed by atoms with van der Waals surface area (Å²) >= 11 is 0. The first-order valence-electron chi connectivity index (χ1n) is 14.3. The molecule has 1 heteroatoms. The average Bonchev–Trinajstić information content (AvgIpc) is 3.22. The molecule has 8 rings (SSSR count). The van der Waals surface area contributed by atoms with E-state index < -0.39 is 0 Å².